The van der Waals surface area contributed by atoms with Gasteiger partial charge in [0, 0.05) is 18.8 Å². The highest BCUT2D eigenvalue weighted by molar-refractivity contribution is 8.05. The fraction of sp³-hybridized carbons (Fsp3) is 0.292. The van der Waals surface area contributed by atoms with Crippen molar-refractivity contribution >= 4 is 29.3 Å². The van der Waals surface area contributed by atoms with E-state index in [4.69, 9.17) is 4.74 Å². The van der Waals surface area contributed by atoms with Crippen LogP contribution in [-0.2, 0) is 20.7 Å². The molecule has 2 aromatic carbocycles. The zero-order valence-electron chi connectivity index (χ0n) is 17.3. The van der Waals surface area contributed by atoms with Gasteiger partial charge < -0.3 is 9.64 Å². The van der Waals surface area contributed by atoms with Gasteiger partial charge in [0.1, 0.15) is 16.7 Å². The summed E-state index contributed by atoms with van der Waals surface area (Å²) in [5.41, 5.74) is 2.87. The van der Waals surface area contributed by atoms with E-state index in [9.17, 15) is 14.9 Å². The SMILES string of the molecule is Cc1ccc(C[C@@H]2S/C(=C(\C#N)C(=O)N3CCOCC3)N(c3ccccc3)C2=O)cc1. The molecule has 2 fully saturated rings. The minimum Gasteiger partial charge on any atom is -0.378 e. The number of carbonyl (C=O) groups excluding carboxylic acids is 2. The standard InChI is InChI=1S/C24H23N3O3S/c1-17-7-9-18(10-8-17)15-21-23(29)27(19-5-3-2-4-6-19)24(31-21)20(16-25)22(28)26-11-13-30-14-12-26/h2-10,21H,11-15H2,1H3/b24-20+/t21-/m0/s1. The van der Waals surface area contributed by atoms with Gasteiger partial charge in [0.05, 0.1) is 18.5 Å². The van der Waals surface area contributed by atoms with Crippen LogP contribution >= 0.6 is 11.8 Å². The lowest BCUT2D eigenvalue weighted by Crippen LogP contribution is -2.42. The highest BCUT2D eigenvalue weighted by Gasteiger charge is 2.41. The second kappa shape index (κ2) is 9.38. The summed E-state index contributed by atoms with van der Waals surface area (Å²) >= 11 is 1.30. The van der Waals surface area contributed by atoms with Gasteiger partial charge in [-0.3, -0.25) is 14.5 Å². The third-order valence-electron chi connectivity index (χ3n) is 5.35. The van der Waals surface area contributed by atoms with Gasteiger partial charge in [-0.15, -0.1) is 0 Å². The number of para-hydroxylation sites is 1. The number of nitriles is 1. The average Bonchev–Trinajstić information content (AvgIpc) is 3.12. The first-order valence-electron chi connectivity index (χ1n) is 10.2. The molecule has 6 nitrogen and oxygen atoms in total. The molecule has 7 heteroatoms. The first kappa shape index (κ1) is 21.2. The van der Waals surface area contributed by atoms with Gasteiger partial charge in [0.15, 0.2) is 0 Å². The number of aryl methyl sites for hydroxylation is 1. The number of carbonyl (C=O) groups is 2. The molecule has 0 spiro atoms. The van der Waals surface area contributed by atoms with Gasteiger partial charge in [-0.05, 0) is 31.0 Å². The Labute approximate surface area is 186 Å². The Balaban J connectivity index is 1.71. The van der Waals surface area contributed by atoms with Gasteiger partial charge in [0.25, 0.3) is 5.91 Å². The average molecular weight is 434 g/mol. The minimum absolute atomic E-state index is 0.00973. The Kier molecular flexibility index (Phi) is 6.40. The van der Waals surface area contributed by atoms with Gasteiger partial charge in [-0.25, -0.2) is 0 Å². The molecule has 2 amide bonds. The number of rotatable bonds is 4. The maximum absolute atomic E-state index is 13.4. The lowest BCUT2D eigenvalue weighted by Gasteiger charge is -2.27. The summed E-state index contributed by atoms with van der Waals surface area (Å²) in [6.07, 6.45) is 0.529. The number of hydrogen-bond acceptors (Lipinski definition) is 5. The van der Waals surface area contributed by atoms with Gasteiger partial charge in [0.2, 0.25) is 5.91 Å². The molecular formula is C24H23N3O3S. The molecule has 0 radical (unpaired) electrons. The van der Waals surface area contributed by atoms with Crippen molar-refractivity contribution in [3.63, 3.8) is 0 Å². The summed E-state index contributed by atoms with van der Waals surface area (Å²) in [6, 6.07) is 19.4. The summed E-state index contributed by atoms with van der Waals surface area (Å²) < 4.78 is 5.33. The highest BCUT2D eigenvalue weighted by atomic mass is 32.2. The van der Waals surface area contributed by atoms with E-state index in [2.05, 4.69) is 6.07 Å². The van der Waals surface area contributed by atoms with Crippen molar-refractivity contribution in [3.8, 4) is 6.07 Å². The normalized spacial score (nSPS) is 20.5. The van der Waals surface area contributed by atoms with E-state index >= 15 is 0 Å². The minimum atomic E-state index is -0.404. The number of ether oxygens (including phenoxy) is 1. The topological polar surface area (TPSA) is 73.6 Å². The van der Waals surface area contributed by atoms with Crippen LogP contribution < -0.4 is 4.90 Å². The van der Waals surface area contributed by atoms with Crippen molar-refractivity contribution in [1.29, 1.82) is 5.26 Å². The zero-order chi connectivity index (χ0) is 21.8. The van der Waals surface area contributed by atoms with Gasteiger partial charge in [-0.2, -0.15) is 5.26 Å². The summed E-state index contributed by atoms with van der Waals surface area (Å²) in [4.78, 5) is 29.7. The molecule has 2 aliphatic heterocycles. The van der Waals surface area contributed by atoms with Crippen molar-refractivity contribution in [2.24, 2.45) is 0 Å². The Morgan fingerprint density at radius 1 is 1.13 bits per heavy atom. The predicted octanol–water partition coefficient (Wildman–Crippen LogP) is 3.28. The fourth-order valence-electron chi connectivity index (χ4n) is 3.65. The first-order chi connectivity index (χ1) is 15.1. The number of morpholine rings is 1. The lowest BCUT2D eigenvalue weighted by molar-refractivity contribution is -0.130. The van der Waals surface area contributed by atoms with E-state index < -0.39 is 5.25 Å². The van der Waals surface area contributed by atoms with E-state index in [0.29, 0.717) is 43.4 Å². The molecule has 0 aromatic heterocycles. The Hall–Kier alpha value is -3.08. The van der Waals surface area contributed by atoms with Crippen molar-refractivity contribution in [2.75, 3.05) is 31.2 Å². The third-order valence-corrected chi connectivity index (χ3v) is 6.61. The van der Waals surface area contributed by atoms with Crippen LogP contribution in [0.5, 0.6) is 0 Å². The Morgan fingerprint density at radius 2 is 1.81 bits per heavy atom. The van der Waals surface area contributed by atoms with E-state index in [1.165, 1.54) is 16.7 Å². The Bertz CT molecular complexity index is 1040. The number of amides is 2. The molecule has 158 valence electrons. The molecule has 0 N–H and O–H groups in total. The highest BCUT2D eigenvalue weighted by Crippen LogP contribution is 2.42. The van der Waals surface area contributed by atoms with Crippen molar-refractivity contribution < 1.29 is 14.3 Å². The number of anilines is 1. The summed E-state index contributed by atoms with van der Waals surface area (Å²) in [6.45, 7) is 3.80. The summed E-state index contributed by atoms with van der Waals surface area (Å²) in [5, 5.41) is 9.91. The van der Waals surface area contributed by atoms with Crippen LogP contribution in [0.15, 0.2) is 65.2 Å². The van der Waals surface area contributed by atoms with E-state index in [0.717, 1.165) is 11.1 Å². The maximum Gasteiger partial charge on any atom is 0.267 e. The predicted molar refractivity (Wildman–Crippen MR) is 120 cm³/mol. The first-order valence-corrected chi connectivity index (χ1v) is 11.1. The molecule has 0 saturated carbocycles. The quantitative estimate of drug-likeness (QED) is 0.547. The van der Waals surface area contributed by atoms with Gasteiger partial charge in [-0.1, -0.05) is 59.8 Å². The molecule has 0 bridgehead atoms. The van der Waals surface area contributed by atoms with Gasteiger partial charge >= 0.3 is 0 Å². The molecule has 2 aromatic rings. The van der Waals surface area contributed by atoms with Crippen molar-refractivity contribution in [3.05, 3.63) is 76.3 Å². The van der Waals surface area contributed by atoms with Crippen LogP contribution in [0.25, 0.3) is 0 Å². The molecular weight excluding hydrogens is 410 g/mol. The molecule has 2 aliphatic rings. The maximum atomic E-state index is 13.4. The molecule has 0 unspecified atom stereocenters. The smallest absolute Gasteiger partial charge is 0.267 e. The van der Waals surface area contributed by atoms with Crippen molar-refractivity contribution in [1.82, 2.24) is 4.90 Å². The van der Waals surface area contributed by atoms with Crippen LogP contribution in [-0.4, -0.2) is 48.3 Å². The van der Waals surface area contributed by atoms with Crippen molar-refractivity contribution in [2.45, 2.75) is 18.6 Å². The Morgan fingerprint density at radius 3 is 2.45 bits per heavy atom. The molecule has 31 heavy (non-hydrogen) atoms. The molecule has 2 saturated heterocycles. The zero-order valence-corrected chi connectivity index (χ0v) is 18.1. The number of benzene rings is 2. The monoisotopic (exact) mass is 433 g/mol. The lowest BCUT2D eigenvalue weighted by atomic mass is 10.1. The van der Waals surface area contributed by atoms with Crippen LogP contribution in [0, 0.1) is 18.3 Å². The molecule has 0 aliphatic carbocycles. The van der Waals surface area contributed by atoms with Crippen LogP contribution in [0.3, 0.4) is 0 Å². The van der Waals surface area contributed by atoms with E-state index in [1.807, 2.05) is 61.5 Å². The largest absolute Gasteiger partial charge is 0.378 e. The summed E-state index contributed by atoms with van der Waals surface area (Å²) in [7, 11) is 0. The second-order valence-electron chi connectivity index (χ2n) is 7.50. The van der Waals surface area contributed by atoms with Crippen LogP contribution in [0.4, 0.5) is 5.69 Å². The number of hydrogen-bond donors (Lipinski definition) is 0. The second-order valence-corrected chi connectivity index (χ2v) is 8.69. The summed E-state index contributed by atoms with van der Waals surface area (Å²) in [5.74, 6) is -0.465. The number of thioether (sulfide) groups is 1. The fourth-order valence-corrected chi connectivity index (χ4v) is 4.96. The number of nitrogens with zero attached hydrogens (tertiary/aromatic N) is 3. The van der Waals surface area contributed by atoms with E-state index in [1.54, 1.807) is 4.90 Å². The molecule has 1 atom stereocenters. The van der Waals surface area contributed by atoms with E-state index in [-0.39, 0.29) is 17.4 Å². The molecule has 2 heterocycles. The molecule has 4 rings (SSSR count). The third kappa shape index (κ3) is 4.50. The van der Waals surface area contributed by atoms with Crippen LogP contribution in [0.2, 0.25) is 0 Å². The van der Waals surface area contributed by atoms with Crippen LogP contribution in [0.1, 0.15) is 11.1 Å².